The lowest BCUT2D eigenvalue weighted by Crippen LogP contribution is -2.44. The zero-order valence-electron chi connectivity index (χ0n) is 8.65. The number of hydrogen-bond acceptors (Lipinski definition) is 3. The van der Waals surface area contributed by atoms with Gasteiger partial charge in [0.2, 0.25) is 5.91 Å². The predicted octanol–water partition coefficient (Wildman–Crippen LogP) is 0.920. The highest BCUT2D eigenvalue weighted by molar-refractivity contribution is 7.81. The van der Waals surface area contributed by atoms with Crippen LogP contribution < -0.4 is 5.32 Å². The van der Waals surface area contributed by atoms with Gasteiger partial charge < -0.3 is 10.4 Å². The van der Waals surface area contributed by atoms with E-state index in [2.05, 4.69) is 17.9 Å². The maximum Gasteiger partial charge on any atom is 0.326 e. The SMILES string of the molecule is CC(C)C[C@H](NC(=O)C(C)S)C(=O)O. The minimum absolute atomic E-state index is 0.228. The number of thiol groups is 1. The lowest BCUT2D eigenvalue weighted by Gasteiger charge is -2.17. The Kier molecular flexibility index (Phi) is 5.60. The summed E-state index contributed by atoms with van der Waals surface area (Å²) in [5.41, 5.74) is 0. The van der Waals surface area contributed by atoms with Gasteiger partial charge in [-0.2, -0.15) is 12.6 Å². The van der Waals surface area contributed by atoms with Gasteiger partial charge >= 0.3 is 5.97 Å². The number of carboxylic acids is 1. The van der Waals surface area contributed by atoms with E-state index < -0.39 is 17.3 Å². The van der Waals surface area contributed by atoms with Crippen LogP contribution in [0.2, 0.25) is 0 Å². The molecule has 0 aliphatic carbocycles. The van der Waals surface area contributed by atoms with Crippen LogP contribution in [0.15, 0.2) is 0 Å². The molecule has 0 bridgehead atoms. The topological polar surface area (TPSA) is 66.4 Å². The van der Waals surface area contributed by atoms with Crippen molar-refractivity contribution in [2.75, 3.05) is 0 Å². The average molecular weight is 219 g/mol. The van der Waals surface area contributed by atoms with Crippen molar-refractivity contribution in [1.29, 1.82) is 0 Å². The van der Waals surface area contributed by atoms with Crippen LogP contribution in [0.4, 0.5) is 0 Å². The van der Waals surface area contributed by atoms with Crippen molar-refractivity contribution in [3.8, 4) is 0 Å². The maximum atomic E-state index is 11.2. The standard InChI is InChI=1S/C9H17NO3S/c1-5(2)4-7(9(12)13)10-8(11)6(3)14/h5-7,14H,4H2,1-3H3,(H,10,11)(H,12,13)/t6?,7-/m0/s1. The van der Waals surface area contributed by atoms with E-state index in [1.807, 2.05) is 13.8 Å². The molecule has 0 radical (unpaired) electrons. The van der Waals surface area contributed by atoms with E-state index in [0.29, 0.717) is 6.42 Å². The minimum Gasteiger partial charge on any atom is -0.480 e. The molecule has 0 spiro atoms. The number of carbonyl (C=O) groups excluding carboxylic acids is 1. The van der Waals surface area contributed by atoms with Crippen LogP contribution in [0.25, 0.3) is 0 Å². The molecule has 4 nitrogen and oxygen atoms in total. The Hall–Kier alpha value is -0.710. The fourth-order valence-corrected chi connectivity index (χ4v) is 1.06. The quantitative estimate of drug-likeness (QED) is 0.602. The Morgan fingerprint density at radius 2 is 1.86 bits per heavy atom. The van der Waals surface area contributed by atoms with Crippen LogP contribution in [-0.2, 0) is 9.59 Å². The highest BCUT2D eigenvalue weighted by Gasteiger charge is 2.22. The lowest BCUT2D eigenvalue weighted by atomic mass is 10.0. The van der Waals surface area contributed by atoms with Crippen molar-refractivity contribution in [2.24, 2.45) is 5.92 Å². The van der Waals surface area contributed by atoms with Crippen LogP contribution in [0.5, 0.6) is 0 Å². The van der Waals surface area contributed by atoms with Crippen molar-refractivity contribution in [3.63, 3.8) is 0 Å². The number of amides is 1. The first-order valence-corrected chi connectivity index (χ1v) is 5.07. The smallest absolute Gasteiger partial charge is 0.326 e. The zero-order valence-corrected chi connectivity index (χ0v) is 9.54. The summed E-state index contributed by atoms with van der Waals surface area (Å²) in [5.74, 6) is -1.12. The van der Waals surface area contributed by atoms with Gasteiger partial charge in [-0.05, 0) is 19.3 Å². The molecule has 0 aromatic carbocycles. The van der Waals surface area contributed by atoms with Gasteiger partial charge in [0.25, 0.3) is 0 Å². The number of rotatable bonds is 5. The fraction of sp³-hybridized carbons (Fsp3) is 0.778. The van der Waals surface area contributed by atoms with Crippen molar-refractivity contribution in [2.45, 2.75) is 38.5 Å². The van der Waals surface area contributed by atoms with Gasteiger partial charge in [0.1, 0.15) is 6.04 Å². The molecule has 5 heteroatoms. The molecule has 2 atom stereocenters. The van der Waals surface area contributed by atoms with Crippen LogP contribution in [0.1, 0.15) is 27.2 Å². The van der Waals surface area contributed by atoms with Crippen LogP contribution in [-0.4, -0.2) is 28.3 Å². The van der Waals surface area contributed by atoms with E-state index in [0.717, 1.165) is 0 Å². The van der Waals surface area contributed by atoms with Crippen LogP contribution in [0.3, 0.4) is 0 Å². The highest BCUT2D eigenvalue weighted by atomic mass is 32.1. The Balaban J connectivity index is 4.23. The Morgan fingerprint density at radius 3 is 2.14 bits per heavy atom. The van der Waals surface area contributed by atoms with Gasteiger partial charge in [0, 0.05) is 0 Å². The fourth-order valence-electron chi connectivity index (χ4n) is 0.985. The van der Waals surface area contributed by atoms with Gasteiger partial charge in [-0.15, -0.1) is 0 Å². The first-order valence-electron chi connectivity index (χ1n) is 4.55. The molecule has 0 rings (SSSR count). The first-order chi connectivity index (χ1) is 6.34. The Morgan fingerprint density at radius 1 is 1.36 bits per heavy atom. The van der Waals surface area contributed by atoms with Crippen molar-refractivity contribution >= 4 is 24.5 Å². The zero-order chi connectivity index (χ0) is 11.3. The molecule has 0 saturated heterocycles. The van der Waals surface area contributed by atoms with Gasteiger partial charge in [-0.1, -0.05) is 13.8 Å². The third kappa shape index (κ3) is 5.11. The molecule has 0 aliphatic heterocycles. The van der Waals surface area contributed by atoms with Crippen molar-refractivity contribution in [3.05, 3.63) is 0 Å². The van der Waals surface area contributed by atoms with Crippen LogP contribution in [0, 0.1) is 5.92 Å². The highest BCUT2D eigenvalue weighted by Crippen LogP contribution is 2.05. The van der Waals surface area contributed by atoms with Crippen LogP contribution >= 0.6 is 12.6 Å². The largest absolute Gasteiger partial charge is 0.480 e. The first kappa shape index (κ1) is 13.3. The summed E-state index contributed by atoms with van der Waals surface area (Å²) in [6.07, 6.45) is 0.432. The third-order valence-corrected chi connectivity index (χ3v) is 1.94. The molecule has 0 heterocycles. The lowest BCUT2D eigenvalue weighted by molar-refractivity contribution is -0.142. The second-order valence-corrected chi connectivity index (χ2v) is 4.48. The molecule has 2 N–H and O–H groups in total. The molecule has 0 aromatic rings. The summed E-state index contributed by atoms with van der Waals surface area (Å²) in [5, 5.41) is 10.8. The summed E-state index contributed by atoms with van der Waals surface area (Å²) >= 11 is 3.92. The molecule has 1 unspecified atom stereocenters. The number of carbonyl (C=O) groups is 2. The summed E-state index contributed by atoms with van der Waals surface area (Å²) < 4.78 is 0. The molecule has 82 valence electrons. The third-order valence-electron chi connectivity index (χ3n) is 1.70. The molecule has 0 fully saturated rings. The van der Waals surface area contributed by atoms with Gasteiger partial charge in [-0.3, -0.25) is 4.79 Å². The molecular formula is C9H17NO3S. The number of aliphatic carboxylic acids is 1. The molecule has 0 aliphatic rings. The molecular weight excluding hydrogens is 202 g/mol. The summed E-state index contributed by atoms with van der Waals surface area (Å²) in [6.45, 7) is 5.42. The molecule has 1 amide bonds. The Bertz CT molecular complexity index is 216. The van der Waals surface area contributed by atoms with E-state index in [4.69, 9.17) is 5.11 Å². The van der Waals surface area contributed by atoms with Crippen molar-refractivity contribution in [1.82, 2.24) is 5.32 Å². The minimum atomic E-state index is -0.999. The monoisotopic (exact) mass is 219 g/mol. The number of nitrogens with one attached hydrogen (secondary N) is 1. The second-order valence-electron chi connectivity index (χ2n) is 3.70. The predicted molar refractivity (Wildman–Crippen MR) is 57.5 cm³/mol. The second kappa shape index (κ2) is 5.90. The average Bonchev–Trinajstić information content (AvgIpc) is 2.01. The van der Waals surface area contributed by atoms with E-state index in [1.54, 1.807) is 6.92 Å². The van der Waals surface area contributed by atoms with E-state index in [1.165, 1.54) is 0 Å². The molecule has 0 aromatic heterocycles. The summed E-state index contributed by atoms with van der Waals surface area (Å²) in [7, 11) is 0. The van der Waals surface area contributed by atoms with E-state index in [-0.39, 0.29) is 11.8 Å². The van der Waals surface area contributed by atoms with Crippen molar-refractivity contribution < 1.29 is 14.7 Å². The van der Waals surface area contributed by atoms with E-state index in [9.17, 15) is 9.59 Å². The number of carboxylic acid groups (broad SMARTS) is 1. The number of hydrogen-bond donors (Lipinski definition) is 3. The maximum absolute atomic E-state index is 11.2. The molecule has 0 saturated carbocycles. The van der Waals surface area contributed by atoms with Gasteiger partial charge in [-0.25, -0.2) is 4.79 Å². The van der Waals surface area contributed by atoms with Gasteiger partial charge in [0.15, 0.2) is 0 Å². The van der Waals surface area contributed by atoms with Gasteiger partial charge in [0.05, 0.1) is 5.25 Å². The summed E-state index contributed by atoms with van der Waals surface area (Å²) in [6, 6.07) is -0.808. The summed E-state index contributed by atoms with van der Waals surface area (Å²) in [4.78, 5) is 21.9. The van der Waals surface area contributed by atoms with E-state index >= 15 is 0 Å². The normalized spacial score (nSPS) is 14.9. The molecule has 14 heavy (non-hydrogen) atoms. The Labute approximate surface area is 89.5 Å².